The van der Waals surface area contributed by atoms with Crippen LogP contribution in [0, 0.1) is 12.3 Å². The van der Waals surface area contributed by atoms with Crippen LogP contribution >= 0.6 is 0 Å². The molecule has 0 amide bonds. The number of hydrogen-bond acceptors (Lipinski definition) is 0. The van der Waals surface area contributed by atoms with Crippen LogP contribution in [0.4, 0.5) is 0 Å². The summed E-state index contributed by atoms with van der Waals surface area (Å²) in [6.07, 6.45) is 6.62. The largest absolute Gasteiger partial charge is 0.0841 e. The minimum absolute atomic E-state index is 0.242. The molecule has 0 unspecified atom stereocenters. The second-order valence-electron chi connectivity index (χ2n) is 5.75. The number of rotatable bonds is 2. The summed E-state index contributed by atoms with van der Waals surface area (Å²) in [5.41, 5.74) is 5.56. The molecule has 0 aliphatic carbocycles. The van der Waals surface area contributed by atoms with Gasteiger partial charge in [0.15, 0.2) is 0 Å². The van der Waals surface area contributed by atoms with Crippen LogP contribution in [0.15, 0.2) is 30.4 Å². The van der Waals surface area contributed by atoms with Gasteiger partial charge in [-0.2, -0.15) is 0 Å². The Bertz CT molecular complexity index is 440. The Kier molecular flexibility index (Phi) is 4.34. The highest BCUT2D eigenvalue weighted by Gasteiger charge is 2.04. The third-order valence-electron chi connectivity index (χ3n) is 2.88. The third kappa shape index (κ3) is 4.22. The van der Waals surface area contributed by atoms with Crippen molar-refractivity contribution in [1.82, 2.24) is 0 Å². The monoisotopic (exact) mass is 228 g/mol. The van der Waals surface area contributed by atoms with Gasteiger partial charge in [0, 0.05) is 0 Å². The predicted molar refractivity (Wildman–Crippen MR) is 79.0 cm³/mol. The highest BCUT2D eigenvalue weighted by atomic mass is 14.1. The smallest absolute Gasteiger partial charge is 0.0200 e. The first kappa shape index (κ1) is 13.8. The van der Waals surface area contributed by atoms with Crippen molar-refractivity contribution in [3.05, 3.63) is 47.0 Å². The van der Waals surface area contributed by atoms with Gasteiger partial charge in [0.1, 0.15) is 0 Å². The molecule has 0 aliphatic rings. The van der Waals surface area contributed by atoms with Gasteiger partial charge < -0.3 is 0 Å². The van der Waals surface area contributed by atoms with Gasteiger partial charge in [-0.25, -0.2) is 0 Å². The van der Waals surface area contributed by atoms with Gasteiger partial charge in [0.2, 0.25) is 0 Å². The van der Waals surface area contributed by atoms with E-state index >= 15 is 0 Å². The second kappa shape index (κ2) is 5.35. The maximum absolute atomic E-state index is 2.25. The van der Waals surface area contributed by atoms with E-state index in [-0.39, 0.29) is 5.41 Å². The summed E-state index contributed by atoms with van der Waals surface area (Å²) < 4.78 is 0. The fourth-order valence-corrected chi connectivity index (χ4v) is 1.73. The third-order valence-corrected chi connectivity index (χ3v) is 2.88. The van der Waals surface area contributed by atoms with E-state index in [2.05, 4.69) is 78.0 Å². The Balaban J connectivity index is 3.02. The van der Waals surface area contributed by atoms with Gasteiger partial charge in [-0.05, 0) is 48.4 Å². The summed E-state index contributed by atoms with van der Waals surface area (Å²) in [6, 6.07) is 6.66. The number of hydrogen-bond donors (Lipinski definition) is 0. The van der Waals surface area contributed by atoms with Gasteiger partial charge in [0.05, 0.1) is 0 Å². The minimum Gasteiger partial charge on any atom is -0.0841 e. The molecule has 0 radical (unpaired) electrons. The van der Waals surface area contributed by atoms with E-state index in [0.717, 1.165) is 0 Å². The molecule has 0 bridgehead atoms. The van der Waals surface area contributed by atoms with Crippen LogP contribution in [0.1, 0.15) is 51.3 Å². The van der Waals surface area contributed by atoms with Crippen LogP contribution in [0.2, 0.25) is 0 Å². The van der Waals surface area contributed by atoms with Crippen LogP contribution < -0.4 is 0 Å². The Morgan fingerprint density at radius 2 is 1.82 bits per heavy atom. The van der Waals surface area contributed by atoms with E-state index < -0.39 is 0 Å². The molecule has 17 heavy (non-hydrogen) atoms. The topological polar surface area (TPSA) is 0 Å². The van der Waals surface area contributed by atoms with Crippen molar-refractivity contribution < 1.29 is 0 Å². The van der Waals surface area contributed by atoms with Crippen molar-refractivity contribution in [2.45, 2.75) is 41.5 Å². The zero-order valence-corrected chi connectivity index (χ0v) is 12.0. The lowest BCUT2D eigenvalue weighted by atomic mass is 9.94. The van der Waals surface area contributed by atoms with Gasteiger partial charge in [-0.15, -0.1) is 0 Å². The van der Waals surface area contributed by atoms with Crippen molar-refractivity contribution in [3.63, 3.8) is 0 Å². The molecule has 0 heterocycles. The fraction of sp³-hybridized carbons (Fsp3) is 0.412. The molecule has 0 spiro atoms. The van der Waals surface area contributed by atoms with Crippen LogP contribution in [0.5, 0.6) is 0 Å². The van der Waals surface area contributed by atoms with Crippen molar-refractivity contribution in [2.24, 2.45) is 5.41 Å². The zero-order valence-electron chi connectivity index (χ0n) is 12.0. The van der Waals surface area contributed by atoms with Crippen LogP contribution in [-0.2, 0) is 0 Å². The molecule has 0 saturated heterocycles. The normalized spacial score (nSPS) is 13.4. The van der Waals surface area contributed by atoms with Gasteiger partial charge in [-0.3, -0.25) is 0 Å². The van der Waals surface area contributed by atoms with E-state index in [4.69, 9.17) is 0 Å². The van der Waals surface area contributed by atoms with Crippen LogP contribution in [-0.4, -0.2) is 0 Å². The van der Waals surface area contributed by atoms with Crippen molar-refractivity contribution in [3.8, 4) is 0 Å². The summed E-state index contributed by atoms with van der Waals surface area (Å²) >= 11 is 0. The first-order valence-electron chi connectivity index (χ1n) is 6.26. The van der Waals surface area contributed by atoms with E-state index in [1.807, 2.05) is 0 Å². The minimum atomic E-state index is 0.242. The van der Waals surface area contributed by atoms with E-state index in [9.17, 15) is 0 Å². The first-order valence-corrected chi connectivity index (χ1v) is 6.26. The summed E-state index contributed by atoms with van der Waals surface area (Å²) in [5.74, 6) is 0. The summed E-state index contributed by atoms with van der Waals surface area (Å²) in [7, 11) is 0. The second-order valence-corrected chi connectivity index (χ2v) is 5.75. The Morgan fingerprint density at radius 3 is 2.29 bits per heavy atom. The lowest BCUT2D eigenvalue weighted by Crippen LogP contribution is -1.98. The van der Waals surface area contributed by atoms with Gasteiger partial charge in [-0.1, -0.05) is 57.2 Å². The molecule has 0 fully saturated rings. The van der Waals surface area contributed by atoms with E-state index in [1.54, 1.807) is 0 Å². The first-order chi connectivity index (χ1) is 7.83. The maximum atomic E-state index is 2.25. The predicted octanol–water partition coefficient (Wildman–Crippen LogP) is 5.48. The van der Waals surface area contributed by atoms with Crippen LogP contribution in [0.3, 0.4) is 0 Å². The van der Waals surface area contributed by atoms with Crippen molar-refractivity contribution in [2.75, 3.05) is 0 Å². The molecular formula is C17H24. The molecule has 1 aromatic rings. The lowest BCUT2D eigenvalue weighted by molar-refractivity contribution is 0.547. The standard InChI is InChI=1S/C17H24/c1-7-13(2)16-9-8-15(12-14(16)3)10-11-17(4,5)6/h7-12H,1-6H3/b11-10+,13-7-. The average molecular weight is 228 g/mol. The highest BCUT2D eigenvalue weighted by molar-refractivity contribution is 5.68. The Morgan fingerprint density at radius 1 is 1.18 bits per heavy atom. The molecule has 0 atom stereocenters. The maximum Gasteiger partial charge on any atom is -0.0200 e. The zero-order chi connectivity index (χ0) is 13.1. The number of benzene rings is 1. The van der Waals surface area contributed by atoms with E-state index in [0.29, 0.717) is 0 Å². The molecule has 0 heteroatoms. The summed E-state index contributed by atoms with van der Waals surface area (Å²) in [5, 5.41) is 0. The molecule has 0 N–H and O–H groups in total. The Hall–Kier alpha value is -1.30. The molecule has 1 aromatic carbocycles. The Labute approximate surface area is 106 Å². The molecule has 0 aliphatic heterocycles. The molecule has 0 saturated carbocycles. The lowest BCUT2D eigenvalue weighted by Gasteiger charge is -2.12. The number of aryl methyl sites for hydroxylation is 1. The molecule has 92 valence electrons. The average Bonchev–Trinajstić information content (AvgIpc) is 2.24. The molecule has 0 aromatic heterocycles. The SMILES string of the molecule is C/C=C(/C)c1ccc(/C=C/C(C)(C)C)cc1C. The van der Waals surface area contributed by atoms with Crippen LogP contribution in [0.25, 0.3) is 11.6 Å². The van der Waals surface area contributed by atoms with E-state index in [1.165, 1.54) is 22.3 Å². The molecule has 0 nitrogen and oxygen atoms in total. The fourth-order valence-electron chi connectivity index (χ4n) is 1.73. The van der Waals surface area contributed by atoms with Gasteiger partial charge >= 0.3 is 0 Å². The molecular weight excluding hydrogens is 204 g/mol. The van der Waals surface area contributed by atoms with Crippen molar-refractivity contribution in [1.29, 1.82) is 0 Å². The summed E-state index contributed by atoms with van der Waals surface area (Å²) in [6.45, 7) is 13.1. The quantitative estimate of drug-likeness (QED) is 0.629. The van der Waals surface area contributed by atoms with Crippen molar-refractivity contribution >= 4 is 11.6 Å². The molecule has 1 rings (SSSR count). The van der Waals surface area contributed by atoms with Gasteiger partial charge in [0.25, 0.3) is 0 Å². The number of allylic oxidation sites excluding steroid dienone is 3. The highest BCUT2D eigenvalue weighted by Crippen LogP contribution is 2.22. The summed E-state index contributed by atoms with van der Waals surface area (Å²) in [4.78, 5) is 0.